The van der Waals surface area contributed by atoms with Crippen molar-refractivity contribution in [1.29, 1.82) is 0 Å². The van der Waals surface area contributed by atoms with E-state index in [4.69, 9.17) is 0 Å². The van der Waals surface area contributed by atoms with E-state index in [0.717, 1.165) is 19.1 Å². The van der Waals surface area contributed by atoms with Crippen LogP contribution in [-0.4, -0.2) is 12.1 Å². The highest BCUT2D eigenvalue weighted by atomic mass is 19.4. The van der Waals surface area contributed by atoms with Gasteiger partial charge in [-0.05, 0) is 17.7 Å². The Kier molecular flexibility index (Phi) is 4.09. The molecule has 0 aliphatic rings. The second kappa shape index (κ2) is 5.16. The van der Waals surface area contributed by atoms with Crippen molar-refractivity contribution >= 4 is 5.91 Å². The minimum absolute atomic E-state index is 0.221. The van der Waals surface area contributed by atoms with E-state index < -0.39 is 30.4 Å². The molecule has 0 aliphatic heterocycles. The van der Waals surface area contributed by atoms with Crippen LogP contribution in [0.15, 0.2) is 24.3 Å². The van der Waals surface area contributed by atoms with E-state index in [1.165, 1.54) is 12.1 Å². The van der Waals surface area contributed by atoms with E-state index in [1.54, 1.807) is 0 Å². The van der Waals surface area contributed by atoms with Gasteiger partial charge in [0.2, 0.25) is 5.91 Å². The molecule has 0 unspecified atom stereocenters. The molecule has 17 heavy (non-hydrogen) atoms. The number of amides is 1. The minimum atomic E-state index is -4.40. The van der Waals surface area contributed by atoms with Crippen LogP contribution in [0.4, 0.5) is 17.6 Å². The molecule has 1 rings (SSSR count). The first-order valence-electron chi connectivity index (χ1n) is 4.87. The third kappa shape index (κ3) is 4.84. The monoisotopic (exact) mass is 249 g/mol. The van der Waals surface area contributed by atoms with Crippen molar-refractivity contribution in [2.75, 3.05) is 0 Å². The molecular weight excluding hydrogens is 238 g/mol. The van der Waals surface area contributed by atoms with Crippen molar-refractivity contribution in [3.8, 4) is 0 Å². The van der Waals surface area contributed by atoms with Crippen molar-refractivity contribution in [3.05, 3.63) is 35.6 Å². The van der Waals surface area contributed by atoms with Crippen molar-refractivity contribution in [2.45, 2.75) is 25.6 Å². The second-order valence-corrected chi connectivity index (χ2v) is 3.62. The molecule has 1 aromatic rings. The molecular formula is C11H11F4NO. The van der Waals surface area contributed by atoms with Crippen molar-refractivity contribution < 1.29 is 22.4 Å². The topological polar surface area (TPSA) is 29.1 Å². The van der Waals surface area contributed by atoms with Crippen LogP contribution in [-0.2, 0) is 4.79 Å². The summed E-state index contributed by atoms with van der Waals surface area (Å²) in [6.45, 7) is 1.13. The molecule has 6 heteroatoms. The summed E-state index contributed by atoms with van der Waals surface area (Å²) in [5, 5.41) is 2.19. The fraction of sp³-hybridized carbons (Fsp3) is 0.364. The fourth-order valence-corrected chi connectivity index (χ4v) is 1.42. The second-order valence-electron chi connectivity index (χ2n) is 3.62. The summed E-state index contributed by atoms with van der Waals surface area (Å²) in [5.74, 6) is -1.11. The summed E-state index contributed by atoms with van der Waals surface area (Å²) >= 11 is 0. The third-order valence-electron chi connectivity index (χ3n) is 2.09. The first kappa shape index (κ1) is 13.5. The third-order valence-corrected chi connectivity index (χ3v) is 2.09. The van der Waals surface area contributed by atoms with Gasteiger partial charge in [-0.15, -0.1) is 0 Å². The van der Waals surface area contributed by atoms with E-state index in [0.29, 0.717) is 0 Å². The van der Waals surface area contributed by atoms with Gasteiger partial charge in [-0.25, -0.2) is 4.39 Å². The molecule has 94 valence electrons. The van der Waals surface area contributed by atoms with Gasteiger partial charge in [0.1, 0.15) is 5.82 Å². The molecule has 0 bridgehead atoms. The van der Waals surface area contributed by atoms with E-state index in [9.17, 15) is 22.4 Å². The van der Waals surface area contributed by atoms with Crippen molar-refractivity contribution in [1.82, 2.24) is 5.32 Å². The number of carbonyl (C=O) groups is 1. The zero-order chi connectivity index (χ0) is 13.1. The lowest BCUT2D eigenvalue weighted by molar-refractivity contribution is -0.142. The van der Waals surface area contributed by atoms with Gasteiger partial charge >= 0.3 is 6.18 Å². The first-order chi connectivity index (χ1) is 7.78. The van der Waals surface area contributed by atoms with Gasteiger partial charge in [0.25, 0.3) is 0 Å². The van der Waals surface area contributed by atoms with Crippen LogP contribution in [0.3, 0.4) is 0 Å². The van der Waals surface area contributed by atoms with E-state index in [1.807, 2.05) is 0 Å². The van der Waals surface area contributed by atoms with Gasteiger partial charge in [0, 0.05) is 6.92 Å². The minimum Gasteiger partial charge on any atom is -0.349 e. The molecule has 1 aromatic carbocycles. The molecule has 0 aliphatic carbocycles. The lowest BCUT2D eigenvalue weighted by Crippen LogP contribution is -2.30. The molecule has 0 spiro atoms. The van der Waals surface area contributed by atoms with Crippen LogP contribution in [0.1, 0.15) is 24.9 Å². The Morgan fingerprint density at radius 3 is 2.24 bits per heavy atom. The fourth-order valence-electron chi connectivity index (χ4n) is 1.42. The predicted octanol–water partition coefficient (Wildman–Crippen LogP) is 2.96. The first-order valence-corrected chi connectivity index (χ1v) is 4.87. The van der Waals surface area contributed by atoms with Crippen LogP contribution in [0.2, 0.25) is 0 Å². The molecule has 1 N–H and O–H groups in total. The number of hydrogen-bond acceptors (Lipinski definition) is 1. The Hall–Kier alpha value is -1.59. The van der Waals surface area contributed by atoms with E-state index in [-0.39, 0.29) is 5.56 Å². The molecule has 0 aromatic heterocycles. The predicted molar refractivity (Wildman–Crippen MR) is 53.6 cm³/mol. The number of carbonyl (C=O) groups excluding carboxylic acids is 1. The molecule has 0 radical (unpaired) electrons. The molecule has 0 saturated carbocycles. The number of hydrogen-bond donors (Lipinski definition) is 1. The van der Waals surface area contributed by atoms with Crippen LogP contribution >= 0.6 is 0 Å². The van der Waals surface area contributed by atoms with Crippen LogP contribution in [0, 0.1) is 5.82 Å². The Bertz CT molecular complexity index is 385. The summed E-state index contributed by atoms with van der Waals surface area (Å²) in [4.78, 5) is 10.8. The average molecular weight is 249 g/mol. The highest BCUT2D eigenvalue weighted by Gasteiger charge is 2.33. The highest BCUT2D eigenvalue weighted by molar-refractivity contribution is 5.73. The summed E-state index contributed by atoms with van der Waals surface area (Å²) in [5.41, 5.74) is 0.221. The lowest BCUT2D eigenvalue weighted by Gasteiger charge is -2.19. The van der Waals surface area contributed by atoms with Crippen molar-refractivity contribution in [2.24, 2.45) is 0 Å². The summed E-state index contributed by atoms with van der Waals surface area (Å²) in [6.07, 6.45) is -5.58. The smallest absolute Gasteiger partial charge is 0.349 e. The maximum Gasteiger partial charge on any atom is 0.391 e. The number of rotatable bonds is 3. The summed E-state index contributed by atoms with van der Waals surface area (Å²) in [7, 11) is 0. The Morgan fingerprint density at radius 1 is 1.29 bits per heavy atom. The van der Waals surface area contributed by atoms with Crippen LogP contribution in [0.5, 0.6) is 0 Å². The molecule has 0 heterocycles. The lowest BCUT2D eigenvalue weighted by atomic mass is 10.0. The average Bonchev–Trinajstić information content (AvgIpc) is 2.14. The van der Waals surface area contributed by atoms with E-state index >= 15 is 0 Å². The number of benzene rings is 1. The molecule has 2 nitrogen and oxygen atoms in total. The molecule has 1 amide bonds. The van der Waals surface area contributed by atoms with Crippen LogP contribution < -0.4 is 5.32 Å². The van der Waals surface area contributed by atoms with Gasteiger partial charge in [-0.1, -0.05) is 12.1 Å². The van der Waals surface area contributed by atoms with Gasteiger partial charge in [-0.3, -0.25) is 4.79 Å². The molecule has 0 fully saturated rings. The summed E-state index contributed by atoms with van der Waals surface area (Å²) < 4.78 is 49.5. The maximum atomic E-state index is 12.6. The number of halogens is 4. The zero-order valence-electron chi connectivity index (χ0n) is 9.01. The highest BCUT2D eigenvalue weighted by Crippen LogP contribution is 2.29. The quantitative estimate of drug-likeness (QED) is 0.820. The van der Waals surface area contributed by atoms with Crippen molar-refractivity contribution in [3.63, 3.8) is 0 Å². The number of alkyl halides is 3. The standard InChI is InChI=1S/C11H11F4NO/c1-7(17)16-10(6-11(13,14)15)8-2-4-9(12)5-3-8/h2-5,10H,6H2,1H3,(H,16,17)/t10-/m0/s1. The summed E-state index contributed by atoms with van der Waals surface area (Å²) in [6, 6.07) is 3.37. The van der Waals surface area contributed by atoms with Gasteiger partial charge in [0.05, 0.1) is 12.5 Å². The normalized spacial score (nSPS) is 13.2. The Morgan fingerprint density at radius 2 is 1.82 bits per heavy atom. The molecule has 0 saturated heterocycles. The Balaban J connectivity index is 2.89. The largest absolute Gasteiger partial charge is 0.391 e. The van der Waals surface area contributed by atoms with Crippen LogP contribution in [0.25, 0.3) is 0 Å². The van der Waals surface area contributed by atoms with Gasteiger partial charge in [0.15, 0.2) is 0 Å². The Labute approximate surface area is 95.6 Å². The number of nitrogens with one attached hydrogen (secondary N) is 1. The SMILES string of the molecule is CC(=O)N[C@@H](CC(F)(F)F)c1ccc(F)cc1. The molecule has 1 atom stereocenters. The zero-order valence-corrected chi connectivity index (χ0v) is 9.01. The maximum absolute atomic E-state index is 12.6. The van der Waals surface area contributed by atoms with Gasteiger partial charge in [-0.2, -0.15) is 13.2 Å². The van der Waals surface area contributed by atoms with E-state index in [2.05, 4.69) is 5.32 Å². The van der Waals surface area contributed by atoms with Gasteiger partial charge < -0.3 is 5.32 Å².